The van der Waals surface area contributed by atoms with Crippen molar-refractivity contribution in [1.82, 2.24) is 4.98 Å². The first-order valence-electron chi connectivity index (χ1n) is 5.22. The molecule has 96 valence electrons. The number of hydrogen-bond donors (Lipinski definition) is 0. The Labute approximate surface area is 111 Å². The second-order valence-electron chi connectivity index (χ2n) is 3.89. The second-order valence-corrected chi connectivity index (χ2v) is 4.64. The minimum Gasteiger partial charge on any atom is -0.469 e. The average Bonchev–Trinajstić information content (AvgIpc) is 2.73. The first kappa shape index (κ1) is 12.9. The fourth-order valence-corrected chi connectivity index (χ4v) is 2.30. The van der Waals surface area contributed by atoms with Gasteiger partial charge in [-0.15, -0.1) is 0 Å². The highest BCUT2D eigenvalue weighted by atomic mass is 79.9. The quantitative estimate of drug-likeness (QED) is 0.613. The van der Waals surface area contributed by atoms with Crippen LogP contribution >= 0.6 is 15.9 Å². The number of ether oxygens (including phenoxy) is 1. The number of rotatable bonds is 2. The third-order valence-corrected chi connectivity index (χ3v) is 3.35. The van der Waals surface area contributed by atoms with Crippen LogP contribution in [0.25, 0.3) is 0 Å². The van der Waals surface area contributed by atoms with Crippen LogP contribution in [-0.4, -0.2) is 30.5 Å². The van der Waals surface area contributed by atoms with E-state index in [2.05, 4.69) is 25.7 Å². The van der Waals surface area contributed by atoms with E-state index in [9.17, 15) is 14.0 Å². The molecule has 1 amide bonds. The number of pyridine rings is 1. The smallest absolute Gasteiger partial charge is 0.311 e. The highest BCUT2D eigenvalue weighted by Crippen LogP contribution is 2.30. The molecule has 1 atom stereocenters. The lowest BCUT2D eigenvalue weighted by molar-refractivity contribution is -0.145. The van der Waals surface area contributed by atoms with Crippen LogP contribution in [0.3, 0.4) is 0 Å². The lowest BCUT2D eigenvalue weighted by atomic mass is 10.1. The van der Waals surface area contributed by atoms with Crippen molar-refractivity contribution in [2.24, 2.45) is 5.92 Å². The summed E-state index contributed by atoms with van der Waals surface area (Å²) in [6, 6.07) is 1.20. The summed E-state index contributed by atoms with van der Waals surface area (Å²) >= 11 is 3.15. The first-order valence-corrected chi connectivity index (χ1v) is 6.01. The van der Waals surface area contributed by atoms with E-state index in [1.807, 2.05) is 0 Å². The van der Waals surface area contributed by atoms with Gasteiger partial charge >= 0.3 is 5.97 Å². The van der Waals surface area contributed by atoms with Gasteiger partial charge in [-0.25, -0.2) is 9.37 Å². The van der Waals surface area contributed by atoms with Gasteiger partial charge < -0.3 is 9.64 Å². The molecule has 5 nitrogen and oxygen atoms in total. The molecule has 18 heavy (non-hydrogen) atoms. The summed E-state index contributed by atoms with van der Waals surface area (Å²) in [5, 5.41) is 0. The zero-order chi connectivity index (χ0) is 13.3. The summed E-state index contributed by atoms with van der Waals surface area (Å²) in [5.74, 6) is -1.75. The molecule has 1 aliphatic heterocycles. The molecule has 0 aromatic carbocycles. The van der Waals surface area contributed by atoms with Crippen molar-refractivity contribution in [3.8, 4) is 0 Å². The molecule has 0 radical (unpaired) electrons. The van der Waals surface area contributed by atoms with Crippen molar-refractivity contribution in [2.75, 3.05) is 18.6 Å². The van der Waals surface area contributed by atoms with Crippen LogP contribution in [0.1, 0.15) is 6.42 Å². The molecule has 1 aromatic heterocycles. The number of halogens is 2. The highest BCUT2D eigenvalue weighted by Gasteiger charge is 2.36. The number of carbonyl (C=O) groups is 2. The van der Waals surface area contributed by atoms with Crippen LogP contribution in [0.15, 0.2) is 16.9 Å². The molecule has 7 heteroatoms. The Morgan fingerprint density at radius 3 is 3.06 bits per heavy atom. The summed E-state index contributed by atoms with van der Waals surface area (Å²) in [5.41, 5.74) is 0.325. The maximum Gasteiger partial charge on any atom is 0.311 e. The van der Waals surface area contributed by atoms with Gasteiger partial charge in [0.25, 0.3) is 0 Å². The predicted molar refractivity (Wildman–Crippen MR) is 64.4 cm³/mol. The maximum absolute atomic E-state index is 13.1. The van der Waals surface area contributed by atoms with Crippen LogP contribution in [-0.2, 0) is 14.3 Å². The minimum atomic E-state index is -0.539. The van der Waals surface area contributed by atoms with E-state index in [1.54, 1.807) is 0 Å². The normalized spacial score (nSPS) is 19.2. The zero-order valence-electron chi connectivity index (χ0n) is 9.52. The van der Waals surface area contributed by atoms with E-state index in [-0.39, 0.29) is 18.9 Å². The van der Waals surface area contributed by atoms with Crippen molar-refractivity contribution in [1.29, 1.82) is 0 Å². The molecule has 0 N–H and O–H groups in total. The molecule has 1 unspecified atom stereocenters. The second kappa shape index (κ2) is 5.01. The van der Waals surface area contributed by atoms with Crippen LogP contribution in [0.5, 0.6) is 0 Å². The molecule has 1 aliphatic rings. The summed E-state index contributed by atoms with van der Waals surface area (Å²) < 4.78 is 18.1. The molecule has 2 rings (SSSR count). The van der Waals surface area contributed by atoms with Crippen molar-refractivity contribution >= 4 is 33.5 Å². The van der Waals surface area contributed by atoms with E-state index in [0.717, 1.165) is 6.20 Å². The Hall–Kier alpha value is -1.50. The number of amides is 1. The van der Waals surface area contributed by atoms with Crippen molar-refractivity contribution in [2.45, 2.75) is 6.42 Å². The third kappa shape index (κ3) is 2.35. The Morgan fingerprint density at radius 1 is 1.67 bits per heavy atom. The molecule has 1 fully saturated rings. The topological polar surface area (TPSA) is 59.5 Å². The first-order chi connectivity index (χ1) is 8.52. The van der Waals surface area contributed by atoms with E-state index < -0.39 is 17.7 Å². The number of methoxy groups -OCH3 is 1. The Morgan fingerprint density at radius 2 is 2.39 bits per heavy atom. The van der Waals surface area contributed by atoms with Gasteiger partial charge in [0.15, 0.2) is 0 Å². The Bertz CT molecular complexity index is 509. The van der Waals surface area contributed by atoms with Gasteiger partial charge in [0.1, 0.15) is 10.4 Å². The van der Waals surface area contributed by atoms with Gasteiger partial charge in [-0.1, -0.05) is 0 Å². The maximum atomic E-state index is 13.1. The van der Waals surface area contributed by atoms with Gasteiger partial charge in [0.05, 0.1) is 24.9 Å². The molecule has 0 spiro atoms. The summed E-state index contributed by atoms with van der Waals surface area (Å²) in [6.07, 6.45) is 1.11. The number of aromatic nitrogens is 1. The van der Waals surface area contributed by atoms with Crippen molar-refractivity contribution < 1.29 is 18.7 Å². The number of anilines is 1. The lowest BCUT2D eigenvalue weighted by Gasteiger charge is -2.17. The molecular formula is C11H10BrFN2O3. The van der Waals surface area contributed by atoms with E-state index >= 15 is 0 Å². The Kier molecular flexibility index (Phi) is 3.60. The van der Waals surface area contributed by atoms with Gasteiger partial charge in [-0.2, -0.15) is 0 Å². The predicted octanol–water partition coefficient (Wildman–Crippen LogP) is 1.51. The highest BCUT2D eigenvalue weighted by molar-refractivity contribution is 9.10. The zero-order valence-corrected chi connectivity index (χ0v) is 11.1. The molecule has 1 saturated heterocycles. The van der Waals surface area contributed by atoms with Gasteiger partial charge in [0, 0.05) is 19.0 Å². The molecular weight excluding hydrogens is 307 g/mol. The van der Waals surface area contributed by atoms with Gasteiger partial charge in [-0.3, -0.25) is 9.59 Å². The summed E-state index contributed by atoms with van der Waals surface area (Å²) in [7, 11) is 1.27. The van der Waals surface area contributed by atoms with Gasteiger partial charge in [-0.05, 0) is 15.9 Å². The van der Waals surface area contributed by atoms with Gasteiger partial charge in [0.2, 0.25) is 5.91 Å². The average molecular weight is 317 g/mol. The van der Waals surface area contributed by atoms with Crippen LogP contribution in [0.4, 0.5) is 10.1 Å². The lowest BCUT2D eigenvalue weighted by Crippen LogP contribution is -2.26. The molecule has 0 bridgehead atoms. The monoisotopic (exact) mass is 316 g/mol. The molecule has 0 saturated carbocycles. The SMILES string of the molecule is COC(=O)C1CC(=O)N(c2cc(F)cnc2Br)C1. The molecule has 1 aromatic rings. The number of hydrogen-bond acceptors (Lipinski definition) is 4. The van der Waals surface area contributed by atoms with E-state index in [4.69, 9.17) is 0 Å². The number of nitrogens with zero attached hydrogens (tertiary/aromatic N) is 2. The summed E-state index contributed by atoms with van der Waals surface area (Å²) in [4.78, 5) is 28.3. The number of carbonyl (C=O) groups excluding carboxylic acids is 2. The van der Waals surface area contributed by atoms with Crippen molar-refractivity contribution in [3.63, 3.8) is 0 Å². The third-order valence-electron chi connectivity index (χ3n) is 2.74. The largest absolute Gasteiger partial charge is 0.469 e. The number of esters is 1. The van der Waals surface area contributed by atoms with Crippen LogP contribution in [0, 0.1) is 11.7 Å². The van der Waals surface area contributed by atoms with Crippen molar-refractivity contribution in [3.05, 3.63) is 22.7 Å². The standard InChI is InChI=1S/C11H10BrFN2O3/c1-18-11(17)6-2-9(16)15(5-6)8-3-7(13)4-14-10(8)12/h3-4,6H,2,5H2,1H3. The molecule has 0 aliphatic carbocycles. The minimum absolute atomic E-state index is 0.0651. The molecule has 2 heterocycles. The summed E-state index contributed by atoms with van der Waals surface area (Å²) in [6.45, 7) is 0.176. The fraction of sp³-hybridized carbons (Fsp3) is 0.364. The van der Waals surface area contributed by atoms with E-state index in [1.165, 1.54) is 18.1 Å². The van der Waals surface area contributed by atoms with E-state index in [0.29, 0.717) is 10.3 Å². The van der Waals surface area contributed by atoms with Crippen LogP contribution < -0.4 is 4.90 Å². The van der Waals surface area contributed by atoms with Crippen LogP contribution in [0.2, 0.25) is 0 Å². The fourth-order valence-electron chi connectivity index (χ4n) is 1.87. The Balaban J connectivity index is 2.27.